The van der Waals surface area contributed by atoms with Crippen molar-refractivity contribution in [3.63, 3.8) is 0 Å². The number of carboxylic acid groups (broad SMARTS) is 1. The van der Waals surface area contributed by atoms with Gasteiger partial charge in [0.25, 0.3) is 0 Å². The maximum Gasteiger partial charge on any atom is 0.303 e. The number of aromatic hydroxyl groups is 2. The molecule has 1 heterocycles. The molecular weight excluding hydrogens is 432 g/mol. The number of hydrogen-bond donors (Lipinski definition) is 3. The lowest BCUT2D eigenvalue weighted by Crippen LogP contribution is -2.21. The van der Waals surface area contributed by atoms with Crippen molar-refractivity contribution in [1.29, 1.82) is 0 Å². The topological polar surface area (TPSA) is 104 Å². The molecule has 0 fully saturated rings. The Hall–Kier alpha value is -4.06. The van der Waals surface area contributed by atoms with E-state index in [1.807, 2.05) is 72.8 Å². The number of benzene rings is 3. The van der Waals surface area contributed by atoms with E-state index in [-0.39, 0.29) is 47.0 Å². The Morgan fingerprint density at radius 3 is 2.41 bits per heavy atom. The summed E-state index contributed by atoms with van der Waals surface area (Å²) in [6.07, 6.45) is 3.91. The first kappa shape index (κ1) is 23.1. The molecule has 34 heavy (non-hydrogen) atoms. The molecule has 4 rings (SSSR count). The quantitative estimate of drug-likeness (QED) is 0.391. The van der Waals surface area contributed by atoms with Gasteiger partial charge in [-0.2, -0.15) is 0 Å². The van der Waals surface area contributed by atoms with Gasteiger partial charge >= 0.3 is 5.97 Å². The van der Waals surface area contributed by atoms with E-state index < -0.39 is 18.0 Å². The standard InChI is InChI=1S/C28H26O6/c29-21-17-24-27(22(30)16-23(34-24)19-10-5-2-6-11-19)28(33)26(21)20(12-7-13-25(31)32)15-14-18-8-3-1-4-9-18/h1-6,8-11,14-15,17,20,23,29,33H,7,12-13,16H2,(H,31,32)/t20-,23-/m1/s1. The minimum Gasteiger partial charge on any atom is -0.507 e. The number of hydrogen-bond acceptors (Lipinski definition) is 5. The van der Waals surface area contributed by atoms with E-state index >= 15 is 0 Å². The van der Waals surface area contributed by atoms with E-state index in [2.05, 4.69) is 0 Å². The second-order valence-corrected chi connectivity index (χ2v) is 8.34. The van der Waals surface area contributed by atoms with Crippen LogP contribution >= 0.6 is 0 Å². The summed E-state index contributed by atoms with van der Waals surface area (Å²) in [5.74, 6) is -2.06. The number of carboxylic acids is 1. The van der Waals surface area contributed by atoms with Crippen LogP contribution in [0.1, 0.15) is 64.8 Å². The molecule has 1 aliphatic heterocycles. The monoisotopic (exact) mass is 458 g/mol. The van der Waals surface area contributed by atoms with E-state index in [1.54, 1.807) is 0 Å². The van der Waals surface area contributed by atoms with Crippen molar-refractivity contribution in [2.24, 2.45) is 0 Å². The number of fused-ring (bicyclic) bond motifs is 1. The van der Waals surface area contributed by atoms with Crippen LogP contribution < -0.4 is 4.74 Å². The van der Waals surface area contributed by atoms with Crippen LogP contribution in [0.4, 0.5) is 0 Å². The van der Waals surface area contributed by atoms with Crippen molar-refractivity contribution in [2.45, 2.75) is 37.7 Å². The summed E-state index contributed by atoms with van der Waals surface area (Å²) >= 11 is 0. The fraction of sp³-hybridized carbons (Fsp3) is 0.214. The van der Waals surface area contributed by atoms with Crippen molar-refractivity contribution in [3.05, 3.63) is 95.1 Å². The van der Waals surface area contributed by atoms with Gasteiger partial charge in [0, 0.05) is 24.0 Å². The molecule has 174 valence electrons. The zero-order chi connectivity index (χ0) is 24.1. The molecule has 0 aliphatic carbocycles. The summed E-state index contributed by atoms with van der Waals surface area (Å²) in [5, 5.41) is 31.0. The molecule has 0 saturated carbocycles. The van der Waals surface area contributed by atoms with Gasteiger partial charge in [0.15, 0.2) is 5.78 Å². The SMILES string of the molecule is O=C(O)CCC[C@H](C=Cc1ccccc1)c1c(O)cc2c(c1O)C(=O)C[C@H](c1ccccc1)O2. The molecule has 0 aromatic heterocycles. The van der Waals surface area contributed by atoms with E-state index in [9.17, 15) is 19.8 Å². The fourth-order valence-corrected chi connectivity index (χ4v) is 4.30. The molecule has 0 radical (unpaired) electrons. The number of allylic oxidation sites excluding steroid dienone is 1. The summed E-state index contributed by atoms with van der Waals surface area (Å²) in [6.45, 7) is 0. The molecule has 0 amide bonds. The predicted octanol–water partition coefficient (Wildman–Crippen LogP) is 5.86. The van der Waals surface area contributed by atoms with Gasteiger partial charge in [0.2, 0.25) is 0 Å². The minimum absolute atomic E-state index is 0.0388. The van der Waals surface area contributed by atoms with E-state index in [4.69, 9.17) is 9.84 Å². The number of rotatable bonds is 8. The Kier molecular flexibility index (Phi) is 6.97. The number of ether oxygens (including phenoxy) is 1. The second-order valence-electron chi connectivity index (χ2n) is 8.34. The molecule has 3 aromatic rings. The maximum atomic E-state index is 13.0. The highest BCUT2D eigenvalue weighted by Gasteiger charge is 2.34. The number of carbonyl (C=O) groups excluding carboxylic acids is 1. The number of phenolic OH excluding ortho intramolecular Hbond substituents is 2. The molecule has 6 nitrogen and oxygen atoms in total. The van der Waals surface area contributed by atoms with E-state index in [0.717, 1.165) is 11.1 Å². The number of ketones is 1. The van der Waals surface area contributed by atoms with Crippen molar-refractivity contribution < 1.29 is 29.6 Å². The van der Waals surface area contributed by atoms with Gasteiger partial charge in [0.1, 0.15) is 28.9 Å². The number of aliphatic carboxylic acids is 1. The minimum atomic E-state index is -0.916. The summed E-state index contributed by atoms with van der Waals surface area (Å²) in [5.41, 5.74) is 2.01. The largest absolute Gasteiger partial charge is 0.507 e. The second kappa shape index (κ2) is 10.3. The first-order chi connectivity index (χ1) is 16.4. The van der Waals surface area contributed by atoms with Gasteiger partial charge in [-0.15, -0.1) is 0 Å². The van der Waals surface area contributed by atoms with Crippen LogP contribution in [0.25, 0.3) is 6.08 Å². The zero-order valence-corrected chi connectivity index (χ0v) is 18.6. The smallest absolute Gasteiger partial charge is 0.303 e. The van der Waals surface area contributed by atoms with Crippen LogP contribution in [0.3, 0.4) is 0 Å². The van der Waals surface area contributed by atoms with Crippen molar-refractivity contribution in [1.82, 2.24) is 0 Å². The van der Waals surface area contributed by atoms with Gasteiger partial charge in [-0.1, -0.05) is 72.8 Å². The molecule has 0 bridgehead atoms. The Labute approximate surface area is 197 Å². The molecule has 0 spiro atoms. The molecule has 1 aliphatic rings. The van der Waals surface area contributed by atoms with Gasteiger partial charge in [-0.05, 0) is 24.0 Å². The van der Waals surface area contributed by atoms with Gasteiger partial charge < -0.3 is 20.1 Å². The van der Waals surface area contributed by atoms with E-state index in [0.29, 0.717) is 12.8 Å². The normalized spacial score (nSPS) is 16.1. The van der Waals surface area contributed by atoms with Crippen LogP contribution in [-0.4, -0.2) is 27.1 Å². The molecule has 3 aromatic carbocycles. The predicted molar refractivity (Wildman–Crippen MR) is 128 cm³/mol. The molecule has 2 atom stereocenters. The van der Waals surface area contributed by atoms with Crippen molar-refractivity contribution in [3.8, 4) is 17.2 Å². The maximum absolute atomic E-state index is 13.0. The van der Waals surface area contributed by atoms with Crippen molar-refractivity contribution >= 4 is 17.8 Å². The number of Topliss-reactive ketones (excluding diaryl/α,β-unsaturated/α-hetero) is 1. The summed E-state index contributed by atoms with van der Waals surface area (Å²) < 4.78 is 5.99. The van der Waals surface area contributed by atoms with Crippen LogP contribution in [0.2, 0.25) is 0 Å². The Bertz CT molecular complexity index is 1200. The molecular formula is C28H26O6. The third-order valence-electron chi connectivity index (χ3n) is 5.97. The molecule has 3 N–H and O–H groups in total. The number of phenols is 2. The number of carbonyl (C=O) groups is 2. The first-order valence-electron chi connectivity index (χ1n) is 11.2. The van der Waals surface area contributed by atoms with Gasteiger partial charge in [-0.3, -0.25) is 9.59 Å². The highest BCUT2D eigenvalue weighted by Crippen LogP contribution is 2.48. The van der Waals surface area contributed by atoms with Gasteiger partial charge in [0.05, 0.1) is 6.42 Å². The summed E-state index contributed by atoms with van der Waals surface area (Å²) in [4.78, 5) is 24.1. The van der Waals surface area contributed by atoms with Crippen LogP contribution in [-0.2, 0) is 4.79 Å². The Morgan fingerprint density at radius 1 is 1.06 bits per heavy atom. The fourth-order valence-electron chi connectivity index (χ4n) is 4.30. The third kappa shape index (κ3) is 5.12. The third-order valence-corrected chi connectivity index (χ3v) is 5.97. The lowest BCUT2D eigenvalue weighted by atomic mass is 9.86. The average molecular weight is 459 g/mol. The average Bonchev–Trinajstić information content (AvgIpc) is 2.82. The highest BCUT2D eigenvalue weighted by atomic mass is 16.5. The highest BCUT2D eigenvalue weighted by molar-refractivity contribution is 6.03. The van der Waals surface area contributed by atoms with Crippen LogP contribution in [0, 0.1) is 0 Å². The van der Waals surface area contributed by atoms with Crippen LogP contribution in [0.15, 0.2) is 72.8 Å². The van der Waals surface area contributed by atoms with E-state index in [1.165, 1.54) is 6.07 Å². The van der Waals surface area contributed by atoms with Crippen LogP contribution in [0.5, 0.6) is 17.2 Å². The lowest BCUT2D eigenvalue weighted by molar-refractivity contribution is -0.137. The zero-order valence-electron chi connectivity index (χ0n) is 18.6. The first-order valence-corrected chi connectivity index (χ1v) is 11.2. The van der Waals surface area contributed by atoms with Gasteiger partial charge in [-0.25, -0.2) is 0 Å². The molecule has 0 saturated heterocycles. The summed E-state index contributed by atoms with van der Waals surface area (Å²) in [6, 6.07) is 20.2. The molecule has 6 heteroatoms. The summed E-state index contributed by atoms with van der Waals surface area (Å²) in [7, 11) is 0. The lowest BCUT2D eigenvalue weighted by Gasteiger charge is -2.28. The Balaban J connectivity index is 1.69. The molecule has 0 unspecified atom stereocenters. The van der Waals surface area contributed by atoms with Crippen molar-refractivity contribution in [2.75, 3.05) is 0 Å². The Morgan fingerprint density at radius 2 is 1.74 bits per heavy atom.